The summed E-state index contributed by atoms with van der Waals surface area (Å²) in [6.45, 7) is 2.02. The van der Waals surface area contributed by atoms with Crippen LogP contribution in [0.3, 0.4) is 0 Å². The maximum absolute atomic E-state index is 13.3. The Kier molecular flexibility index (Phi) is 5.62. The van der Waals surface area contributed by atoms with Crippen LogP contribution in [-0.2, 0) is 14.2 Å². The highest BCUT2D eigenvalue weighted by molar-refractivity contribution is 5.19. The maximum atomic E-state index is 13.3. The summed E-state index contributed by atoms with van der Waals surface area (Å²) < 4.78 is 43.3. The van der Waals surface area contributed by atoms with Crippen molar-refractivity contribution in [2.45, 2.75) is 32.0 Å². The molecule has 1 saturated carbocycles. The highest BCUT2D eigenvalue weighted by atomic mass is 19.1. The first kappa shape index (κ1) is 16.8. The number of halogens is 2. The van der Waals surface area contributed by atoms with Crippen LogP contribution < -0.4 is 0 Å². The average molecular weight is 326 g/mol. The predicted molar refractivity (Wildman–Crippen MR) is 81.8 cm³/mol. The van der Waals surface area contributed by atoms with Crippen LogP contribution in [0.15, 0.2) is 18.2 Å². The van der Waals surface area contributed by atoms with Crippen molar-refractivity contribution in [3.8, 4) is 0 Å². The topological polar surface area (TPSA) is 27.7 Å². The summed E-state index contributed by atoms with van der Waals surface area (Å²) in [6.07, 6.45) is 4.05. The molecule has 128 valence electrons. The molecule has 0 radical (unpaired) electrons. The Morgan fingerprint density at radius 3 is 2.13 bits per heavy atom. The molecule has 1 saturated heterocycles. The molecule has 3 nitrogen and oxygen atoms in total. The Labute approximate surface area is 135 Å². The quantitative estimate of drug-likeness (QED) is 0.834. The van der Waals surface area contributed by atoms with Gasteiger partial charge in [-0.05, 0) is 49.7 Å². The monoisotopic (exact) mass is 326 g/mol. The number of methoxy groups -OCH3 is 1. The number of rotatable bonds is 4. The van der Waals surface area contributed by atoms with Crippen LogP contribution in [0.1, 0.15) is 37.5 Å². The zero-order chi connectivity index (χ0) is 16.2. The summed E-state index contributed by atoms with van der Waals surface area (Å²) in [5.74, 6) is 0.433. The van der Waals surface area contributed by atoms with Crippen molar-refractivity contribution >= 4 is 0 Å². The Morgan fingerprint density at radius 1 is 0.957 bits per heavy atom. The summed E-state index contributed by atoms with van der Waals surface area (Å²) in [5, 5.41) is 0. The van der Waals surface area contributed by atoms with E-state index in [9.17, 15) is 8.78 Å². The number of ether oxygens (including phenoxy) is 3. The lowest BCUT2D eigenvalue weighted by Crippen LogP contribution is -2.34. The molecule has 0 unspecified atom stereocenters. The van der Waals surface area contributed by atoms with Gasteiger partial charge in [0.25, 0.3) is 0 Å². The number of benzene rings is 1. The predicted octanol–water partition coefficient (Wildman–Crippen LogP) is 4.08. The Hall–Kier alpha value is -1.04. The van der Waals surface area contributed by atoms with E-state index in [4.69, 9.17) is 14.2 Å². The van der Waals surface area contributed by atoms with E-state index < -0.39 is 17.9 Å². The van der Waals surface area contributed by atoms with Crippen molar-refractivity contribution < 1.29 is 23.0 Å². The molecule has 2 fully saturated rings. The van der Waals surface area contributed by atoms with Crippen molar-refractivity contribution in [3.63, 3.8) is 0 Å². The van der Waals surface area contributed by atoms with Gasteiger partial charge in [-0.15, -0.1) is 0 Å². The summed E-state index contributed by atoms with van der Waals surface area (Å²) in [7, 11) is 1.75. The molecule has 1 aromatic carbocycles. The molecule has 2 aliphatic rings. The average Bonchev–Trinajstić information content (AvgIpc) is 2.55. The van der Waals surface area contributed by atoms with E-state index in [1.54, 1.807) is 7.11 Å². The second-order valence-corrected chi connectivity index (χ2v) is 6.70. The van der Waals surface area contributed by atoms with Gasteiger partial charge in [0.05, 0.1) is 13.2 Å². The van der Waals surface area contributed by atoms with Gasteiger partial charge in [0.2, 0.25) is 0 Å². The Morgan fingerprint density at radius 2 is 1.57 bits per heavy atom. The largest absolute Gasteiger partial charge is 0.384 e. The molecule has 1 aliphatic carbocycles. The lowest BCUT2D eigenvalue weighted by atomic mass is 9.76. The molecule has 5 heteroatoms. The van der Waals surface area contributed by atoms with Crippen LogP contribution in [-0.4, -0.2) is 26.9 Å². The van der Waals surface area contributed by atoms with Gasteiger partial charge in [0.1, 0.15) is 11.6 Å². The molecule has 0 aromatic heterocycles. The SMILES string of the molecule is COCC1CCC(C2COC(c3cc(F)cc(F)c3)OC2)CC1. The van der Waals surface area contributed by atoms with Gasteiger partial charge in [-0.2, -0.15) is 0 Å². The molecule has 0 bridgehead atoms. The molecule has 0 atom stereocenters. The third kappa shape index (κ3) is 4.28. The fourth-order valence-corrected chi connectivity index (χ4v) is 3.76. The van der Waals surface area contributed by atoms with Gasteiger partial charge < -0.3 is 14.2 Å². The fraction of sp³-hybridized carbons (Fsp3) is 0.667. The van der Waals surface area contributed by atoms with Crippen LogP contribution in [0.5, 0.6) is 0 Å². The van der Waals surface area contributed by atoms with Gasteiger partial charge in [0.15, 0.2) is 6.29 Å². The minimum Gasteiger partial charge on any atom is -0.384 e. The van der Waals surface area contributed by atoms with Gasteiger partial charge >= 0.3 is 0 Å². The van der Waals surface area contributed by atoms with E-state index in [1.165, 1.54) is 37.8 Å². The van der Waals surface area contributed by atoms with Crippen molar-refractivity contribution in [1.82, 2.24) is 0 Å². The molecule has 23 heavy (non-hydrogen) atoms. The van der Waals surface area contributed by atoms with Crippen molar-refractivity contribution in [2.24, 2.45) is 17.8 Å². The molecular weight excluding hydrogens is 302 g/mol. The molecule has 1 aromatic rings. The molecule has 1 aliphatic heterocycles. The highest BCUT2D eigenvalue weighted by Crippen LogP contribution is 2.37. The van der Waals surface area contributed by atoms with E-state index >= 15 is 0 Å². The third-order valence-corrected chi connectivity index (χ3v) is 5.04. The second-order valence-electron chi connectivity index (χ2n) is 6.70. The highest BCUT2D eigenvalue weighted by Gasteiger charge is 2.32. The van der Waals surface area contributed by atoms with Crippen LogP contribution in [0, 0.1) is 29.4 Å². The van der Waals surface area contributed by atoms with Crippen LogP contribution in [0.4, 0.5) is 8.78 Å². The summed E-state index contributed by atoms with van der Waals surface area (Å²) in [4.78, 5) is 0. The first-order valence-electron chi connectivity index (χ1n) is 8.34. The molecule has 0 amide bonds. The third-order valence-electron chi connectivity index (χ3n) is 5.04. The standard InChI is InChI=1S/C18H24F2O3/c1-21-9-12-2-4-13(5-3-12)15-10-22-18(23-11-15)14-6-16(19)8-17(20)7-14/h6-8,12-13,15,18H,2-5,9-11H2,1H3. The lowest BCUT2D eigenvalue weighted by Gasteiger charge is -2.37. The van der Waals surface area contributed by atoms with Crippen LogP contribution in [0.25, 0.3) is 0 Å². The van der Waals surface area contributed by atoms with Crippen molar-refractivity contribution in [2.75, 3.05) is 26.9 Å². The second kappa shape index (κ2) is 7.69. The minimum absolute atomic E-state index is 0.369. The maximum Gasteiger partial charge on any atom is 0.184 e. The van der Waals surface area contributed by atoms with Crippen molar-refractivity contribution in [3.05, 3.63) is 35.4 Å². The van der Waals surface area contributed by atoms with Gasteiger partial charge in [-0.1, -0.05) is 0 Å². The number of hydrogen-bond acceptors (Lipinski definition) is 3. The van der Waals surface area contributed by atoms with Gasteiger partial charge in [-0.3, -0.25) is 0 Å². The van der Waals surface area contributed by atoms with Gasteiger partial charge in [-0.25, -0.2) is 8.78 Å². The fourth-order valence-electron chi connectivity index (χ4n) is 3.76. The molecule has 0 spiro atoms. The summed E-state index contributed by atoms with van der Waals surface area (Å²) in [5.41, 5.74) is 0.407. The number of hydrogen-bond donors (Lipinski definition) is 0. The van der Waals surface area contributed by atoms with Crippen LogP contribution in [0.2, 0.25) is 0 Å². The zero-order valence-electron chi connectivity index (χ0n) is 13.5. The molecule has 3 rings (SSSR count). The summed E-state index contributed by atoms with van der Waals surface area (Å²) in [6, 6.07) is 3.39. The molecule has 1 heterocycles. The van der Waals surface area contributed by atoms with Gasteiger partial charge in [0, 0.05) is 31.3 Å². The first-order valence-corrected chi connectivity index (χ1v) is 8.34. The Balaban J connectivity index is 1.51. The normalized spacial score (nSPS) is 32.0. The zero-order valence-corrected chi connectivity index (χ0v) is 13.5. The van der Waals surface area contributed by atoms with Crippen LogP contribution >= 0.6 is 0 Å². The lowest BCUT2D eigenvalue weighted by molar-refractivity contribution is -0.215. The first-order chi connectivity index (χ1) is 11.2. The van der Waals surface area contributed by atoms with E-state index in [2.05, 4.69) is 0 Å². The van der Waals surface area contributed by atoms with E-state index in [-0.39, 0.29) is 0 Å². The van der Waals surface area contributed by atoms with E-state index in [0.29, 0.717) is 36.5 Å². The van der Waals surface area contributed by atoms with E-state index in [0.717, 1.165) is 12.7 Å². The molecular formula is C18H24F2O3. The minimum atomic E-state index is -0.665. The smallest absolute Gasteiger partial charge is 0.184 e. The summed E-state index contributed by atoms with van der Waals surface area (Å²) >= 11 is 0. The molecule has 0 N–H and O–H groups in total. The Bertz CT molecular complexity index is 487. The van der Waals surface area contributed by atoms with Crippen molar-refractivity contribution in [1.29, 1.82) is 0 Å². The van der Waals surface area contributed by atoms with E-state index in [1.807, 2.05) is 0 Å².